The van der Waals surface area contributed by atoms with E-state index in [1.54, 1.807) is 13.2 Å². The van der Waals surface area contributed by atoms with Crippen LogP contribution in [-0.2, 0) is 54.8 Å². The molecule has 0 saturated carbocycles. The number of carbonyl (C=O) groups excluding carboxylic acids is 5. The lowest BCUT2D eigenvalue weighted by Gasteiger charge is -2.26. The number of fused-ring (bicyclic) bond motifs is 8. The number of benzene rings is 5. The first kappa shape index (κ1) is 50.8. The molecule has 0 spiro atoms. The molecular formula is C58H62N6O11. The number of nitrogens with zero attached hydrogens (tertiary/aromatic N) is 6. The Balaban J connectivity index is 0.927. The highest BCUT2D eigenvalue weighted by molar-refractivity contribution is 6.15. The summed E-state index contributed by atoms with van der Waals surface area (Å²) in [6.45, 7) is 7.52. The van der Waals surface area contributed by atoms with Gasteiger partial charge in [0.1, 0.15) is 19.0 Å². The van der Waals surface area contributed by atoms with Gasteiger partial charge in [0, 0.05) is 94.4 Å². The Morgan fingerprint density at radius 3 is 2.09 bits per heavy atom. The molecular weight excluding hydrogens is 957 g/mol. The Morgan fingerprint density at radius 2 is 1.37 bits per heavy atom. The van der Waals surface area contributed by atoms with E-state index < -0.39 is 17.8 Å². The summed E-state index contributed by atoms with van der Waals surface area (Å²) in [5.74, 6) is -0.499. The van der Waals surface area contributed by atoms with Crippen LogP contribution in [0.15, 0.2) is 96.0 Å². The van der Waals surface area contributed by atoms with Crippen molar-refractivity contribution in [2.24, 2.45) is 4.99 Å². The Bertz CT molecular complexity index is 3030. The van der Waals surface area contributed by atoms with Gasteiger partial charge in [-0.05, 0) is 96.5 Å². The highest BCUT2D eigenvalue weighted by Gasteiger charge is 2.40. The monoisotopic (exact) mass is 1020 g/mol. The Labute approximate surface area is 436 Å². The second-order valence-electron chi connectivity index (χ2n) is 19.5. The largest absolute Gasteiger partial charge is 0.493 e. The summed E-state index contributed by atoms with van der Waals surface area (Å²) < 4.78 is 30.8. The SMILES string of the molecule is CCCOCCOCCN(CCCC(=O)ON1C(=O)CCC1=O)c1cc(COc2cc3c(cc2C)C(=O)N2c4ccccc4C[C@H]2C=N3)cc(COc2cc3c(cc2OC)C(=O)N2c4ccccc4C[C@H]2CN3C)c1. The summed E-state index contributed by atoms with van der Waals surface area (Å²) in [5, 5.41) is 0.569. The molecule has 10 rings (SSSR count). The van der Waals surface area contributed by atoms with Crippen molar-refractivity contribution in [3.63, 3.8) is 0 Å². The first-order valence-electron chi connectivity index (χ1n) is 25.8. The minimum atomic E-state index is -0.682. The number of ether oxygens (including phenoxy) is 5. The smallest absolute Gasteiger partial charge is 0.333 e. The summed E-state index contributed by atoms with van der Waals surface area (Å²) in [6.07, 6.45) is 4.50. The average molecular weight is 1020 g/mol. The van der Waals surface area contributed by atoms with E-state index in [-0.39, 0.29) is 56.4 Å². The highest BCUT2D eigenvalue weighted by Crippen LogP contribution is 2.43. The number of methoxy groups -OCH3 is 1. The zero-order chi connectivity index (χ0) is 52.2. The van der Waals surface area contributed by atoms with Crippen molar-refractivity contribution in [2.45, 2.75) is 84.1 Å². The molecule has 5 aromatic carbocycles. The number of likely N-dealkylation sites (N-methyl/N-ethyl adjacent to an activating group) is 1. The van der Waals surface area contributed by atoms with Gasteiger partial charge in [-0.3, -0.25) is 29.1 Å². The second kappa shape index (κ2) is 22.4. The van der Waals surface area contributed by atoms with Gasteiger partial charge in [0.2, 0.25) is 0 Å². The summed E-state index contributed by atoms with van der Waals surface area (Å²) in [6, 6.07) is 29.2. The van der Waals surface area contributed by atoms with E-state index in [1.807, 2.05) is 110 Å². The maximum absolute atomic E-state index is 14.4. The molecule has 0 aliphatic carbocycles. The van der Waals surface area contributed by atoms with Crippen molar-refractivity contribution in [1.29, 1.82) is 0 Å². The fourth-order valence-electron chi connectivity index (χ4n) is 10.6. The number of imide groups is 1. The molecule has 0 bridgehead atoms. The van der Waals surface area contributed by atoms with E-state index in [0.717, 1.165) is 63.4 Å². The second-order valence-corrected chi connectivity index (χ2v) is 19.5. The van der Waals surface area contributed by atoms with Gasteiger partial charge in [0.05, 0.1) is 61.5 Å². The Morgan fingerprint density at radius 1 is 0.707 bits per heavy atom. The van der Waals surface area contributed by atoms with Crippen molar-refractivity contribution in [1.82, 2.24) is 5.06 Å². The highest BCUT2D eigenvalue weighted by atomic mass is 16.7. The van der Waals surface area contributed by atoms with E-state index in [2.05, 4.69) is 21.9 Å². The summed E-state index contributed by atoms with van der Waals surface area (Å²) in [5.41, 5.74) is 9.56. The van der Waals surface area contributed by atoms with Crippen LogP contribution >= 0.6 is 0 Å². The molecule has 1 fully saturated rings. The standard InChI is InChI=1S/C58H62N6O11/c1-5-20-71-22-23-72-21-19-61(18-10-15-56(67)75-64-54(65)16-17-55(64)66)42-26-38(35-73-51-31-47-45(24-37(51)2)57(68)62-43(33-59-47)28-40-11-6-8-13-48(40)62)25-39(27-42)36-74-53-32-50-46(30-52(53)70-4)58(69)63-44(34-60(50)3)29-41-12-7-9-14-49(41)63/h6-9,11-14,24-27,30-33,43-44H,5,10,15-23,28-29,34-36H2,1-4H3/t43-,44-/m0/s1. The number of aliphatic imine (C=N–C) groups is 1. The molecule has 75 heavy (non-hydrogen) atoms. The van der Waals surface area contributed by atoms with Gasteiger partial charge in [0.25, 0.3) is 23.6 Å². The lowest BCUT2D eigenvalue weighted by atomic mass is 10.1. The molecule has 5 aliphatic rings. The molecule has 17 nitrogen and oxygen atoms in total. The van der Waals surface area contributed by atoms with Gasteiger partial charge < -0.3 is 43.2 Å². The third-order valence-electron chi connectivity index (χ3n) is 14.3. The minimum Gasteiger partial charge on any atom is -0.493 e. The molecule has 0 aromatic heterocycles. The van der Waals surface area contributed by atoms with Crippen molar-refractivity contribution in [3.05, 3.63) is 130 Å². The maximum Gasteiger partial charge on any atom is 0.333 e. The molecule has 5 aromatic rings. The minimum absolute atomic E-state index is 0.00826. The van der Waals surface area contributed by atoms with Crippen LogP contribution in [0.2, 0.25) is 0 Å². The maximum atomic E-state index is 14.4. The van der Waals surface area contributed by atoms with Crippen molar-refractivity contribution < 1.29 is 52.5 Å². The molecule has 5 heterocycles. The Kier molecular flexibility index (Phi) is 15.1. The predicted octanol–water partition coefficient (Wildman–Crippen LogP) is 8.11. The molecule has 4 amide bonds. The normalized spacial score (nSPS) is 17.2. The van der Waals surface area contributed by atoms with Crippen LogP contribution < -0.4 is 33.8 Å². The van der Waals surface area contributed by atoms with E-state index in [9.17, 15) is 24.0 Å². The number of amides is 4. The van der Waals surface area contributed by atoms with E-state index in [1.165, 1.54) is 0 Å². The lowest BCUT2D eigenvalue weighted by Crippen LogP contribution is -2.41. The zero-order valence-electron chi connectivity index (χ0n) is 42.9. The van der Waals surface area contributed by atoms with Crippen LogP contribution in [0.3, 0.4) is 0 Å². The molecule has 2 atom stereocenters. The van der Waals surface area contributed by atoms with E-state index in [4.69, 9.17) is 33.5 Å². The number of rotatable bonds is 21. The molecule has 1 saturated heterocycles. The average Bonchev–Trinajstić information content (AvgIpc) is 4.04. The van der Waals surface area contributed by atoms with Gasteiger partial charge in [-0.2, -0.15) is 0 Å². The van der Waals surface area contributed by atoms with Crippen molar-refractivity contribution >= 4 is 64.2 Å². The van der Waals surface area contributed by atoms with Gasteiger partial charge in [-0.15, -0.1) is 5.06 Å². The van der Waals surface area contributed by atoms with Crippen LogP contribution in [0, 0.1) is 6.92 Å². The van der Waals surface area contributed by atoms with E-state index in [0.29, 0.717) is 98.0 Å². The fourth-order valence-corrected chi connectivity index (χ4v) is 10.6. The summed E-state index contributed by atoms with van der Waals surface area (Å²) in [7, 11) is 3.55. The van der Waals surface area contributed by atoms with Gasteiger partial charge >= 0.3 is 5.97 Å². The third kappa shape index (κ3) is 10.8. The molecule has 5 aliphatic heterocycles. The number of hydroxylamine groups is 2. The van der Waals surface area contributed by atoms with E-state index >= 15 is 0 Å². The van der Waals surface area contributed by atoms with Crippen molar-refractivity contribution in [2.75, 3.05) is 79.8 Å². The molecule has 0 unspecified atom stereocenters. The van der Waals surface area contributed by atoms with Crippen LogP contribution in [0.5, 0.6) is 17.2 Å². The quantitative estimate of drug-likeness (QED) is 0.0511. The van der Waals surface area contributed by atoms with Crippen LogP contribution in [0.4, 0.5) is 28.4 Å². The van der Waals surface area contributed by atoms with Crippen LogP contribution in [0.1, 0.15) is 87.6 Å². The molecule has 390 valence electrons. The number of hydrogen-bond acceptors (Lipinski definition) is 14. The number of anilines is 4. The summed E-state index contributed by atoms with van der Waals surface area (Å²) >= 11 is 0. The number of carbonyl (C=O) groups is 5. The van der Waals surface area contributed by atoms with Gasteiger partial charge in [0.15, 0.2) is 11.5 Å². The number of hydrogen-bond donors (Lipinski definition) is 0. The van der Waals surface area contributed by atoms with Crippen LogP contribution in [-0.4, -0.2) is 113 Å². The molecule has 0 N–H and O–H groups in total. The zero-order valence-corrected chi connectivity index (χ0v) is 42.9. The molecule has 0 radical (unpaired) electrons. The first-order chi connectivity index (χ1) is 36.5. The summed E-state index contributed by atoms with van der Waals surface area (Å²) in [4.78, 5) is 83.8. The first-order valence-corrected chi connectivity index (χ1v) is 25.8. The van der Waals surface area contributed by atoms with Crippen LogP contribution in [0.25, 0.3) is 0 Å². The Hall–Kier alpha value is -7.76. The third-order valence-corrected chi connectivity index (χ3v) is 14.3. The topological polar surface area (TPSA) is 169 Å². The predicted molar refractivity (Wildman–Crippen MR) is 283 cm³/mol. The molecule has 17 heteroatoms. The van der Waals surface area contributed by atoms with Crippen molar-refractivity contribution in [3.8, 4) is 17.2 Å². The number of aryl methyl sites for hydroxylation is 1. The lowest BCUT2D eigenvalue weighted by molar-refractivity contribution is -0.197. The van der Waals surface area contributed by atoms with Gasteiger partial charge in [-0.25, -0.2) is 4.79 Å². The number of para-hydroxylation sites is 2. The van der Waals surface area contributed by atoms with Gasteiger partial charge in [-0.1, -0.05) is 43.3 Å². The fraction of sp³-hybridized carbons (Fsp3) is 0.379.